The first-order valence-electron chi connectivity index (χ1n) is 15.9. The predicted molar refractivity (Wildman–Crippen MR) is 167 cm³/mol. The van der Waals surface area contributed by atoms with Crippen molar-refractivity contribution in [2.75, 3.05) is 6.61 Å². The predicted octanol–water partition coefficient (Wildman–Crippen LogP) is 5.74. The van der Waals surface area contributed by atoms with Gasteiger partial charge < -0.3 is 24.1 Å². The summed E-state index contributed by atoms with van der Waals surface area (Å²) in [6, 6.07) is 14.2. The number of nitrogens with zero attached hydrogens (tertiary/aromatic N) is 1. The highest BCUT2D eigenvalue weighted by molar-refractivity contribution is 5.94. The largest absolute Gasteiger partial charge is 0.457 e. The zero-order valence-electron chi connectivity index (χ0n) is 26.9. The average molecular weight is 658 g/mol. The lowest BCUT2D eigenvalue weighted by atomic mass is 9.45. The van der Waals surface area contributed by atoms with E-state index in [0.717, 1.165) is 0 Å². The van der Waals surface area contributed by atoms with E-state index in [0.29, 0.717) is 29.2 Å². The van der Waals surface area contributed by atoms with E-state index in [1.807, 2.05) is 6.08 Å². The number of carbonyl (C=O) groups is 4. The van der Waals surface area contributed by atoms with Gasteiger partial charge in [0.15, 0.2) is 18.1 Å². The number of carbonyl (C=O) groups excluding carboxylic acids is 4. The summed E-state index contributed by atoms with van der Waals surface area (Å²) in [7, 11) is 0. The van der Waals surface area contributed by atoms with E-state index in [4.69, 9.17) is 18.9 Å². The van der Waals surface area contributed by atoms with Crippen LogP contribution in [-0.2, 0) is 23.9 Å². The molecule has 0 amide bonds. The Bertz CT molecular complexity index is 1760. The van der Waals surface area contributed by atoms with Crippen molar-refractivity contribution in [1.82, 2.24) is 0 Å². The molecule has 2 aromatic rings. The highest BCUT2D eigenvalue weighted by Crippen LogP contribution is 2.70. The van der Waals surface area contributed by atoms with E-state index < -0.39 is 64.6 Å². The summed E-state index contributed by atoms with van der Waals surface area (Å²) in [6.07, 6.45) is 3.66. The number of aliphatic hydroxyl groups is 1. The number of esters is 3. The number of benzene rings is 2. The number of halogens is 1. The van der Waals surface area contributed by atoms with E-state index in [9.17, 15) is 29.5 Å². The Kier molecular flexibility index (Phi) is 8.28. The van der Waals surface area contributed by atoms with Crippen molar-refractivity contribution in [2.24, 2.45) is 22.7 Å². The van der Waals surface area contributed by atoms with Gasteiger partial charge in [0.1, 0.15) is 23.3 Å². The number of ketones is 1. The molecule has 7 atom stereocenters. The van der Waals surface area contributed by atoms with Gasteiger partial charge in [0, 0.05) is 30.1 Å². The van der Waals surface area contributed by atoms with Crippen LogP contribution in [0.2, 0.25) is 0 Å². The second-order valence-electron chi connectivity index (χ2n) is 13.4. The Labute approximate surface area is 277 Å². The van der Waals surface area contributed by atoms with E-state index in [1.165, 1.54) is 25.1 Å². The first kappa shape index (κ1) is 33.1. The van der Waals surface area contributed by atoms with Crippen molar-refractivity contribution in [1.29, 1.82) is 5.26 Å². The molecule has 1 N–H and O–H groups in total. The van der Waals surface area contributed by atoms with Gasteiger partial charge >= 0.3 is 17.9 Å². The van der Waals surface area contributed by atoms with Crippen molar-refractivity contribution in [2.45, 2.75) is 70.2 Å². The third kappa shape index (κ3) is 5.10. The fraction of sp³-hybridized carbons (Fsp3) is 0.432. The lowest BCUT2D eigenvalue weighted by Crippen LogP contribution is -2.69. The zero-order chi connectivity index (χ0) is 34.5. The van der Waals surface area contributed by atoms with Crippen LogP contribution >= 0.6 is 0 Å². The third-order valence-corrected chi connectivity index (χ3v) is 11.0. The number of nitriles is 1. The maximum Gasteiger partial charge on any atom is 0.352 e. The Morgan fingerprint density at radius 1 is 1.02 bits per heavy atom. The lowest BCUT2D eigenvalue weighted by Gasteiger charge is -2.61. The van der Waals surface area contributed by atoms with Gasteiger partial charge in [-0.25, -0.2) is 14.0 Å². The summed E-state index contributed by atoms with van der Waals surface area (Å²) >= 11 is 0. The molecule has 10 nitrogen and oxygen atoms in total. The average Bonchev–Trinajstić information content (AvgIpc) is 3.33. The van der Waals surface area contributed by atoms with Crippen LogP contribution in [0.5, 0.6) is 17.2 Å². The molecule has 0 bridgehead atoms. The van der Waals surface area contributed by atoms with Gasteiger partial charge in [0.05, 0.1) is 11.7 Å². The summed E-state index contributed by atoms with van der Waals surface area (Å²) in [5.74, 6) is -2.36. The number of hydrogen-bond acceptors (Lipinski definition) is 10. The number of aliphatic hydroxyl groups excluding tert-OH is 1. The monoisotopic (exact) mass is 657 g/mol. The van der Waals surface area contributed by atoms with Crippen LogP contribution < -0.4 is 9.47 Å². The van der Waals surface area contributed by atoms with Crippen LogP contribution in [0.1, 0.15) is 63.2 Å². The number of ether oxygens (including phenoxy) is 4. The topological polar surface area (TPSA) is 149 Å². The van der Waals surface area contributed by atoms with Gasteiger partial charge in [-0.15, -0.1) is 0 Å². The minimum Gasteiger partial charge on any atom is -0.457 e. The fourth-order valence-corrected chi connectivity index (χ4v) is 8.62. The van der Waals surface area contributed by atoms with Crippen molar-refractivity contribution >= 4 is 23.7 Å². The minimum atomic E-state index is -2.13. The summed E-state index contributed by atoms with van der Waals surface area (Å²) in [6.45, 7) is 4.15. The SMILES string of the molecule is CC(=O)Oc1ccc(Oc2ccc(C(=O)O[C@]3(C(=O)OCC#N)CC[C@H]4[C@@H]5CC=C6CC(=O)C=C[C@]6(C)[C@@]5(F)[C@@H](O)C[C@@]43C)cc2)cc1. The number of allylic oxidation sites excluding steroid dienone is 4. The van der Waals surface area contributed by atoms with Gasteiger partial charge in [-0.3, -0.25) is 9.59 Å². The third-order valence-electron chi connectivity index (χ3n) is 11.0. The summed E-state index contributed by atoms with van der Waals surface area (Å²) in [5, 5.41) is 20.9. The molecule has 250 valence electrons. The van der Waals surface area contributed by atoms with E-state index >= 15 is 4.39 Å². The van der Waals surface area contributed by atoms with Gasteiger partial charge in [-0.05, 0) is 93.1 Å². The van der Waals surface area contributed by atoms with Crippen molar-refractivity contribution in [3.05, 3.63) is 77.9 Å². The van der Waals surface area contributed by atoms with Gasteiger partial charge in [0.2, 0.25) is 5.60 Å². The fourth-order valence-electron chi connectivity index (χ4n) is 8.62. The first-order valence-corrected chi connectivity index (χ1v) is 15.9. The standard InChI is InChI=1S/C37H36FNO9/c1-22(40)46-26-9-11-28(12-10-26)47-27-7-4-23(5-8-27)32(43)48-36(33(44)45-19-18-39)17-15-29-30-13-6-24-20-25(41)14-16-34(24,2)37(30,38)31(42)21-35(29,36)3/h4-12,14,16,29-31,42H,13,15,17,19-21H2,1-3H3/t29-,30-,31-,34-,35-,36-,37-/m0/s1. The van der Waals surface area contributed by atoms with E-state index in [-0.39, 0.29) is 37.0 Å². The molecule has 0 unspecified atom stereocenters. The number of alkyl halides is 1. The summed E-state index contributed by atoms with van der Waals surface area (Å²) < 4.78 is 39.8. The summed E-state index contributed by atoms with van der Waals surface area (Å²) in [5.41, 5.74) is -5.76. The van der Waals surface area contributed by atoms with E-state index in [1.54, 1.807) is 62.4 Å². The molecule has 2 aromatic carbocycles. The van der Waals surface area contributed by atoms with Crippen molar-refractivity contribution < 1.29 is 47.6 Å². The molecule has 48 heavy (non-hydrogen) atoms. The second kappa shape index (κ2) is 12.0. The molecule has 0 aliphatic heterocycles. The van der Waals surface area contributed by atoms with Crippen LogP contribution in [0.25, 0.3) is 0 Å². The van der Waals surface area contributed by atoms with Gasteiger partial charge in [0.25, 0.3) is 0 Å². The molecule has 2 fully saturated rings. The maximum atomic E-state index is 17.6. The molecule has 4 aliphatic rings. The summed E-state index contributed by atoms with van der Waals surface area (Å²) in [4.78, 5) is 50.9. The minimum absolute atomic E-state index is 0.00954. The molecular weight excluding hydrogens is 621 g/mol. The molecule has 0 saturated heterocycles. The Morgan fingerprint density at radius 3 is 2.31 bits per heavy atom. The van der Waals surface area contributed by atoms with E-state index in [2.05, 4.69) is 0 Å². The number of rotatable bonds is 7. The molecule has 6 rings (SSSR count). The Morgan fingerprint density at radius 2 is 1.67 bits per heavy atom. The van der Waals surface area contributed by atoms with Crippen LogP contribution in [0.4, 0.5) is 4.39 Å². The molecule has 0 aromatic heterocycles. The Balaban J connectivity index is 1.27. The van der Waals surface area contributed by atoms with Gasteiger partial charge in [-0.2, -0.15) is 5.26 Å². The van der Waals surface area contributed by atoms with Crippen molar-refractivity contribution in [3.8, 4) is 23.3 Å². The zero-order valence-corrected chi connectivity index (χ0v) is 26.9. The van der Waals surface area contributed by atoms with Crippen LogP contribution in [0, 0.1) is 34.0 Å². The molecule has 4 aliphatic carbocycles. The quantitative estimate of drug-likeness (QED) is 0.222. The first-order chi connectivity index (χ1) is 22.8. The lowest BCUT2D eigenvalue weighted by molar-refractivity contribution is -0.220. The molecule has 0 spiro atoms. The van der Waals surface area contributed by atoms with Crippen molar-refractivity contribution in [3.63, 3.8) is 0 Å². The molecule has 0 heterocycles. The smallest absolute Gasteiger partial charge is 0.352 e. The normalized spacial score (nSPS) is 33.2. The highest BCUT2D eigenvalue weighted by atomic mass is 19.1. The number of fused-ring (bicyclic) bond motifs is 5. The maximum absolute atomic E-state index is 17.6. The van der Waals surface area contributed by atoms with Crippen LogP contribution in [-0.4, -0.2) is 52.8 Å². The molecular formula is C37H36FNO9. The second-order valence-corrected chi connectivity index (χ2v) is 13.4. The molecule has 2 saturated carbocycles. The van der Waals surface area contributed by atoms with Gasteiger partial charge in [-0.1, -0.05) is 24.6 Å². The van der Waals surface area contributed by atoms with Crippen LogP contribution in [0.3, 0.4) is 0 Å². The number of hydrogen-bond donors (Lipinski definition) is 1. The Hall–Kier alpha value is -4.82. The molecule has 11 heteroatoms. The molecule has 0 radical (unpaired) electrons. The highest BCUT2D eigenvalue weighted by Gasteiger charge is 2.76. The van der Waals surface area contributed by atoms with Crippen LogP contribution in [0.15, 0.2) is 72.3 Å².